The van der Waals surface area contributed by atoms with Crippen LogP contribution >= 0.6 is 23.2 Å². The summed E-state index contributed by atoms with van der Waals surface area (Å²) in [5.41, 5.74) is 7.59. The van der Waals surface area contributed by atoms with Crippen molar-refractivity contribution in [3.8, 4) is 0 Å². The third kappa shape index (κ3) is 2.40. The lowest BCUT2D eigenvalue weighted by atomic mass is 10.2. The van der Waals surface area contributed by atoms with E-state index in [2.05, 4.69) is 0 Å². The Morgan fingerprint density at radius 3 is 2.38 bits per heavy atom. The summed E-state index contributed by atoms with van der Waals surface area (Å²) in [6.45, 7) is 1.21. The molecule has 0 aliphatic rings. The van der Waals surface area contributed by atoms with Gasteiger partial charge in [-0.05, 0) is 23.8 Å². The molecule has 0 aliphatic heterocycles. The first-order valence-electron chi connectivity index (χ1n) is 4.98. The van der Waals surface area contributed by atoms with Gasteiger partial charge in [0.1, 0.15) is 0 Å². The maximum atomic E-state index is 6.10. The van der Waals surface area contributed by atoms with Crippen LogP contribution in [-0.2, 0) is 13.1 Å². The molecular weight excluding hydrogens is 243 g/mol. The number of benzene rings is 1. The molecule has 16 heavy (non-hydrogen) atoms. The van der Waals surface area contributed by atoms with Gasteiger partial charge in [0.15, 0.2) is 0 Å². The Hall–Kier alpha value is -0.960. The van der Waals surface area contributed by atoms with Crippen molar-refractivity contribution in [2.45, 2.75) is 13.1 Å². The summed E-state index contributed by atoms with van der Waals surface area (Å²) >= 11 is 12.2. The highest BCUT2D eigenvalue weighted by atomic mass is 35.5. The number of nitrogens with zero attached hydrogens (tertiary/aromatic N) is 1. The Morgan fingerprint density at radius 1 is 1.12 bits per heavy atom. The summed E-state index contributed by atoms with van der Waals surface area (Å²) in [4.78, 5) is 0. The number of hydrogen-bond donors (Lipinski definition) is 1. The Kier molecular flexibility index (Phi) is 3.54. The zero-order valence-electron chi connectivity index (χ0n) is 8.66. The summed E-state index contributed by atoms with van der Waals surface area (Å²) in [7, 11) is 0. The molecule has 2 rings (SSSR count). The minimum absolute atomic E-state index is 0.545. The minimum Gasteiger partial charge on any atom is -0.349 e. The summed E-state index contributed by atoms with van der Waals surface area (Å²) < 4.78 is 2.02. The second-order valence-electron chi connectivity index (χ2n) is 3.60. The van der Waals surface area contributed by atoms with E-state index < -0.39 is 0 Å². The van der Waals surface area contributed by atoms with Crippen molar-refractivity contribution >= 4 is 23.2 Å². The zero-order valence-corrected chi connectivity index (χ0v) is 10.2. The molecule has 2 N–H and O–H groups in total. The van der Waals surface area contributed by atoms with Gasteiger partial charge >= 0.3 is 0 Å². The Balaban J connectivity index is 2.26. The molecule has 1 aromatic heterocycles. The van der Waals surface area contributed by atoms with Crippen molar-refractivity contribution in [2.24, 2.45) is 5.73 Å². The van der Waals surface area contributed by atoms with Gasteiger partial charge in [0.05, 0.1) is 0 Å². The molecule has 2 aromatic rings. The van der Waals surface area contributed by atoms with E-state index in [1.165, 1.54) is 0 Å². The molecule has 0 spiro atoms. The van der Waals surface area contributed by atoms with Crippen LogP contribution in [0.25, 0.3) is 0 Å². The van der Waals surface area contributed by atoms with Crippen molar-refractivity contribution in [3.63, 3.8) is 0 Å². The maximum Gasteiger partial charge on any atom is 0.0499 e. The molecule has 2 nitrogen and oxygen atoms in total. The number of nitrogens with two attached hydrogens (primary N) is 1. The molecule has 0 aliphatic carbocycles. The highest BCUT2D eigenvalue weighted by Crippen LogP contribution is 2.25. The molecule has 1 heterocycles. The highest BCUT2D eigenvalue weighted by Gasteiger charge is 2.06. The van der Waals surface area contributed by atoms with Gasteiger partial charge in [-0.3, -0.25) is 0 Å². The number of aromatic nitrogens is 1. The smallest absolute Gasteiger partial charge is 0.0499 e. The summed E-state index contributed by atoms with van der Waals surface area (Å²) in [5, 5.41) is 1.38. The molecule has 0 saturated heterocycles. The Bertz CT molecular complexity index is 471. The second-order valence-corrected chi connectivity index (χ2v) is 4.41. The first kappa shape index (κ1) is 11.5. The van der Waals surface area contributed by atoms with Crippen molar-refractivity contribution < 1.29 is 0 Å². The molecule has 0 radical (unpaired) electrons. The fourth-order valence-electron chi connectivity index (χ4n) is 1.58. The Labute approximate surface area is 105 Å². The minimum atomic E-state index is 0.545. The van der Waals surface area contributed by atoms with E-state index >= 15 is 0 Å². The van der Waals surface area contributed by atoms with E-state index in [-0.39, 0.29) is 0 Å². The van der Waals surface area contributed by atoms with Gasteiger partial charge in [0.2, 0.25) is 0 Å². The van der Waals surface area contributed by atoms with Crippen LogP contribution in [0, 0.1) is 0 Å². The maximum absolute atomic E-state index is 6.10. The van der Waals surface area contributed by atoms with Gasteiger partial charge in [-0.1, -0.05) is 29.3 Å². The fourth-order valence-corrected chi connectivity index (χ4v) is 2.09. The number of rotatable bonds is 3. The molecule has 4 heteroatoms. The summed E-state index contributed by atoms with van der Waals surface area (Å²) in [6.07, 6.45) is 3.97. The summed E-state index contributed by atoms with van der Waals surface area (Å²) in [6, 6.07) is 7.52. The van der Waals surface area contributed by atoms with Gasteiger partial charge in [-0.2, -0.15) is 0 Å². The first-order valence-corrected chi connectivity index (χ1v) is 5.74. The van der Waals surface area contributed by atoms with Crippen molar-refractivity contribution in [2.75, 3.05) is 0 Å². The van der Waals surface area contributed by atoms with Crippen molar-refractivity contribution in [1.29, 1.82) is 0 Å². The van der Waals surface area contributed by atoms with Gasteiger partial charge in [0, 0.05) is 41.1 Å². The molecule has 0 unspecified atom stereocenters. The summed E-state index contributed by atoms with van der Waals surface area (Å²) in [5.74, 6) is 0. The van der Waals surface area contributed by atoms with Gasteiger partial charge in [-0.25, -0.2) is 0 Å². The fraction of sp³-hybridized carbons (Fsp3) is 0.167. The van der Waals surface area contributed by atoms with Crippen LogP contribution in [-0.4, -0.2) is 4.57 Å². The number of hydrogen-bond acceptors (Lipinski definition) is 1. The molecule has 1 aromatic carbocycles. The third-order valence-corrected chi connectivity index (χ3v) is 3.16. The lowest BCUT2D eigenvalue weighted by Gasteiger charge is -2.07. The van der Waals surface area contributed by atoms with Crippen LogP contribution in [0.5, 0.6) is 0 Å². The predicted molar refractivity (Wildman–Crippen MR) is 67.9 cm³/mol. The normalized spacial score (nSPS) is 10.7. The van der Waals surface area contributed by atoms with Gasteiger partial charge < -0.3 is 10.3 Å². The van der Waals surface area contributed by atoms with E-state index in [0.717, 1.165) is 11.1 Å². The first-order chi connectivity index (χ1) is 7.70. The van der Waals surface area contributed by atoms with Crippen LogP contribution in [0.2, 0.25) is 10.0 Å². The van der Waals surface area contributed by atoms with Gasteiger partial charge in [0.25, 0.3) is 0 Å². The molecule has 0 amide bonds. The second kappa shape index (κ2) is 4.91. The standard InChI is InChI=1S/C12H12Cl2N2/c13-11-2-1-3-12(14)10(11)8-16-5-4-9(6-15)7-16/h1-5,7H,6,8,15H2. The lowest BCUT2D eigenvalue weighted by Crippen LogP contribution is -1.99. The van der Waals surface area contributed by atoms with E-state index in [0.29, 0.717) is 23.1 Å². The van der Waals surface area contributed by atoms with E-state index in [1.54, 1.807) is 0 Å². The van der Waals surface area contributed by atoms with Crippen LogP contribution in [0.15, 0.2) is 36.7 Å². The average molecular weight is 255 g/mol. The van der Waals surface area contributed by atoms with Crippen molar-refractivity contribution in [1.82, 2.24) is 4.57 Å². The third-order valence-electron chi connectivity index (χ3n) is 2.45. The highest BCUT2D eigenvalue weighted by molar-refractivity contribution is 6.35. The largest absolute Gasteiger partial charge is 0.349 e. The molecule has 0 atom stereocenters. The molecular formula is C12H12Cl2N2. The number of halogens is 2. The quantitative estimate of drug-likeness (QED) is 0.896. The van der Waals surface area contributed by atoms with Crippen LogP contribution < -0.4 is 5.73 Å². The van der Waals surface area contributed by atoms with Crippen LogP contribution in [0.3, 0.4) is 0 Å². The average Bonchev–Trinajstić information content (AvgIpc) is 2.71. The molecule has 84 valence electrons. The van der Waals surface area contributed by atoms with E-state index in [1.807, 2.05) is 41.2 Å². The predicted octanol–water partition coefficient (Wildman–Crippen LogP) is 3.30. The van der Waals surface area contributed by atoms with Crippen LogP contribution in [0.4, 0.5) is 0 Å². The monoisotopic (exact) mass is 254 g/mol. The topological polar surface area (TPSA) is 30.9 Å². The van der Waals surface area contributed by atoms with Crippen LogP contribution in [0.1, 0.15) is 11.1 Å². The van der Waals surface area contributed by atoms with Gasteiger partial charge in [-0.15, -0.1) is 0 Å². The van der Waals surface area contributed by atoms with E-state index in [4.69, 9.17) is 28.9 Å². The SMILES string of the molecule is NCc1ccn(Cc2c(Cl)cccc2Cl)c1. The Morgan fingerprint density at radius 2 is 1.81 bits per heavy atom. The van der Waals surface area contributed by atoms with E-state index in [9.17, 15) is 0 Å². The molecule has 0 bridgehead atoms. The van der Waals surface area contributed by atoms with Crippen molar-refractivity contribution in [3.05, 3.63) is 57.8 Å². The molecule has 0 fully saturated rings. The zero-order chi connectivity index (χ0) is 11.5. The lowest BCUT2D eigenvalue weighted by molar-refractivity contribution is 0.802. The molecule has 0 saturated carbocycles.